The monoisotopic (exact) mass is 342 g/mol. The summed E-state index contributed by atoms with van der Waals surface area (Å²) in [5.41, 5.74) is 6.55. The van der Waals surface area contributed by atoms with Gasteiger partial charge in [-0.1, -0.05) is 18.6 Å². The smallest absolute Gasteiger partial charge is 0.249 e. The Kier molecular flexibility index (Phi) is 6.39. The van der Waals surface area contributed by atoms with Crippen LogP contribution < -0.4 is 11.1 Å². The van der Waals surface area contributed by atoms with E-state index >= 15 is 0 Å². The second kappa shape index (κ2) is 8.08. The van der Waals surface area contributed by atoms with Gasteiger partial charge in [-0.05, 0) is 49.3 Å². The second-order valence-corrected chi connectivity index (χ2v) is 6.29. The summed E-state index contributed by atoms with van der Waals surface area (Å²) >= 11 is 0. The van der Waals surface area contributed by atoms with Gasteiger partial charge in [-0.15, -0.1) is 12.4 Å². The normalized spacial score (nSPS) is 25.3. The van der Waals surface area contributed by atoms with E-state index in [1.165, 1.54) is 18.6 Å². The van der Waals surface area contributed by atoms with E-state index in [1.807, 2.05) is 0 Å². The number of nitrogens with two attached hydrogens (primary N) is 1. The molecule has 2 fully saturated rings. The van der Waals surface area contributed by atoms with Gasteiger partial charge in [0.2, 0.25) is 5.91 Å². The van der Waals surface area contributed by atoms with Gasteiger partial charge in [0.25, 0.3) is 0 Å². The lowest BCUT2D eigenvalue weighted by Crippen LogP contribution is -2.41. The van der Waals surface area contributed by atoms with Crippen molar-refractivity contribution in [3.05, 3.63) is 35.6 Å². The number of carbonyl (C=O) groups is 1. The Morgan fingerprint density at radius 2 is 1.96 bits per heavy atom. The SMILES string of the molecule is Cl.NC[C@H]1CC[C@@H](C(=O)NC(c2ccc(F)cc2)C2CCC2)O1. The zero-order chi connectivity index (χ0) is 15.5. The molecule has 0 radical (unpaired) electrons. The van der Waals surface area contributed by atoms with Gasteiger partial charge in [-0.3, -0.25) is 4.79 Å². The molecule has 23 heavy (non-hydrogen) atoms. The van der Waals surface area contributed by atoms with Crippen molar-refractivity contribution in [1.29, 1.82) is 0 Å². The molecule has 1 unspecified atom stereocenters. The minimum absolute atomic E-state index is 0. The quantitative estimate of drug-likeness (QED) is 0.864. The molecular formula is C17H24ClFN2O2. The van der Waals surface area contributed by atoms with Crippen molar-refractivity contribution in [2.75, 3.05) is 6.54 Å². The number of nitrogens with one attached hydrogen (secondary N) is 1. The Morgan fingerprint density at radius 1 is 1.26 bits per heavy atom. The van der Waals surface area contributed by atoms with E-state index in [9.17, 15) is 9.18 Å². The average Bonchev–Trinajstić information content (AvgIpc) is 2.94. The molecule has 1 aromatic carbocycles. The van der Waals surface area contributed by atoms with Crippen LogP contribution >= 0.6 is 12.4 Å². The summed E-state index contributed by atoms with van der Waals surface area (Å²) in [5, 5.41) is 3.11. The number of hydrogen-bond acceptors (Lipinski definition) is 3. The number of halogens is 2. The van der Waals surface area contributed by atoms with Gasteiger partial charge in [0.1, 0.15) is 11.9 Å². The van der Waals surface area contributed by atoms with Crippen LogP contribution in [0.5, 0.6) is 0 Å². The number of amides is 1. The zero-order valence-corrected chi connectivity index (χ0v) is 13.9. The maximum absolute atomic E-state index is 13.1. The van der Waals surface area contributed by atoms with Gasteiger partial charge in [0.15, 0.2) is 0 Å². The highest BCUT2D eigenvalue weighted by atomic mass is 35.5. The van der Waals surface area contributed by atoms with Crippen LogP contribution in [-0.2, 0) is 9.53 Å². The number of rotatable bonds is 5. The Bertz CT molecular complexity index is 522. The molecule has 0 spiro atoms. The summed E-state index contributed by atoms with van der Waals surface area (Å²) in [6, 6.07) is 6.36. The fourth-order valence-electron chi connectivity index (χ4n) is 3.23. The lowest BCUT2D eigenvalue weighted by molar-refractivity contribution is -0.133. The first-order valence-corrected chi connectivity index (χ1v) is 8.08. The van der Waals surface area contributed by atoms with Gasteiger partial charge in [0.05, 0.1) is 12.1 Å². The van der Waals surface area contributed by atoms with Gasteiger partial charge in [-0.2, -0.15) is 0 Å². The molecular weight excluding hydrogens is 319 g/mol. The second-order valence-electron chi connectivity index (χ2n) is 6.29. The van der Waals surface area contributed by atoms with Crippen LogP contribution in [-0.4, -0.2) is 24.7 Å². The zero-order valence-electron chi connectivity index (χ0n) is 13.0. The minimum atomic E-state index is -0.406. The summed E-state index contributed by atoms with van der Waals surface area (Å²) in [5.74, 6) is 0.102. The van der Waals surface area contributed by atoms with Crippen molar-refractivity contribution in [2.45, 2.75) is 50.4 Å². The van der Waals surface area contributed by atoms with Crippen LogP contribution in [0.3, 0.4) is 0 Å². The highest BCUT2D eigenvalue weighted by molar-refractivity contribution is 5.85. The molecule has 0 aromatic heterocycles. The van der Waals surface area contributed by atoms with Crippen molar-refractivity contribution in [3.8, 4) is 0 Å². The van der Waals surface area contributed by atoms with Crippen molar-refractivity contribution < 1.29 is 13.9 Å². The van der Waals surface area contributed by atoms with E-state index in [4.69, 9.17) is 10.5 Å². The van der Waals surface area contributed by atoms with Crippen LogP contribution in [0.2, 0.25) is 0 Å². The molecule has 1 aliphatic heterocycles. The van der Waals surface area contributed by atoms with E-state index < -0.39 is 6.10 Å². The van der Waals surface area contributed by atoms with Gasteiger partial charge >= 0.3 is 0 Å². The topological polar surface area (TPSA) is 64.4 Å². The predicted molar refractivity (Wildman–Crippen MR) is 88.8 cm³/mol. The maximum Gasteiger partial charge on any atom is 0.249 e. The molecule has 4 nitrogen and oxygen atoms in total. The van der Waals surface area contributed by atoms with E-state index in [-0.39, 0.29) is 36.3 Å². The van der Waals surface area contributed by atoms with Gasteiger partial charge < -0.3 is 15.8 Å². The molecule has 1 saturated heterocycles. The molecule has 128 valence electrons. The Balaban J connectivity index is 0.00000192. The third-order valence-corrected chi connectivity index (χ3v) is 4.81. The third-order valence-electron chi connectivity index (χ3n) is 4.81. The summed E-state index contributed by atoms with van der Waals surface area (Å²) in [6.45, 7) is 0.452. The van der Waals surface area contributed by atoms with Crippen molar-refractivity contribution in [1.82, 2.24) is 5.32 Å². The largest absolute Gasteiger partial charge is 0.364 e. The first-order valence-electron chi connectivity index (χ1n) is 8.08. The number of benzene rings is 1. The molecule has 1 heterocycles. The number of carbonyl (C=O) groups excluding carboxylic acids is 1. The predicted octanol–water partition coefficient (Wildman–Crippen LogP) is 2.71. The Morgan fingerprint density at radius 3 is 2.48 bits per heavy atom. The standard InChI is InChI=1S/C17H23FN2O2.ClH/c18-13-6-4-12(5-7-13)16(11-2-1-3-11)20-17(21)15-9-8-14(10-19)22-15;/h4-7,11,14-16H,1-3,8-10,19H2,(H,20,21);1H/t14-,15+,16?;/m1./s1. The Labute approximate surface area is 142 Å². The first kappa shape index (κ1) is 18.2. The lowest BCUT2D eigenvalue weighted by atomic mass is 9.77. The van der Waals surface area contributed by atoms with Gasteiger partial charge in [-0.25, -0.2) is 4.39 Å². The molecule has 3 rings (SSSR count). The fraction of sp³-hybridized carbons (Fsp3) is 0.588. The molecule has 6 heteroatoms. The molecule has 2 aliphatic rings. The highest BCUT2D eigenvalue weighted by Gasteiger charge is 2.34. The molecule has 0 bridgehead atoms. The van der Waals surface area contributed by atoms with E-state index in [0.717, 1.165) is 24.8 Å². The summed E-state index contributed by atoms with van der Waals surface area (Å²) in [4.78, 5) is 12.5. The van der Waals surface area contributed by atoms with E-state index in [0.29, 0.717) is 18.9 Å². The number of hydrogen-bond donors (Lipinski definition) is 2. The van der Waals surface area contributed by atoms with Crippen molar-refractivity contribution in [3.63, 3.8) is 0 Å². The Hall–Kier alpha value is -1.17. The molecule has 1 saturated carbocycles. The summed E-state index contributed by atoms with van der Waals surface area (Å²) in [6.07, 6.45) is 4.51. The summed E-state index contributed by atoms with van der Waals surface area (Å²) < 4.78 is 18.8. The first-order chi connectivity index (χ1) is 10.7. The van der Waals surface area contributed by atoms with Gasteiger partial charge in [0, 0.05) is 6.54 Å². The van der Waals surface area contributed by atoms with E-state index in [1.54, 1.807) is 12.1 Å². The molecule has 3 N–H and O–H groups in total. The van der Waals surface area contributed by atoms with E-state index in [2.05, 4.69) is 5.32 Å². The minimum Gasteiger partial charge on any atom is -0.364 e. The highest BCUT2D eigenvalue weighted by Crippen LogP contribution is 2.38. The van der Waals surface area contributed by atoms with Crippen LogP contribution in [0.25, 0.3) is 0 Å². The number of ether oxygens (including phenoxy) is 1. The van der Waals surface area contributed by atoms with Crippen LogP contribution in [0.1, 0.15) is 43.7 Å². The van der Waals surface area contributed by atoms with Crippen molar-refractivity contribution >= 4 is 18.3 Å². The third kappa shape index (κ3) is 4.22. The molecule has 1 aromatic rings. The molecule has 1 aliphatic carbocycles. The maximum atomic E-state index is 13.1. The van der Waals surface area contributed by atoms with Crippen molar-refractivity contribution in [2.24, 2.45) is 11.7 Å². The van der Waals surface area contributed by atoms with Crippen LogP contribution in [0, 0.1) is 11.7 Å². The molecule has 1 amide bonds. The average molecular weight is 343 g/mol. The lowest BCUT2D eigenvalue weighted by Gasteiger charge is -2.35. The van der Waals surface area contributed by atoms with Crippen LogP contribution in [0.4, 0.5) is 4.39 Å². The van der Waals surface area contributed by atoms with Crippen LogP contribution in [0.15, 0.2) is 24.3 Å². The molecule has 3 atom stereocenters. The fourth-order valence-corrected chi connectivity index (χ4v) is 3.23. The summed E-state index contributed by atoms with van der Waals surface area (Å²) in [7, 11) is 0.